The van der Waals surface area contributed by atoms with Crippen molar-refractivity contribution >= 4 is 5.78 Å². The molecule has 1 aliphatic heterocycles. The molecule has 0 saturated heterocycles. The normalized spacial score (nSPS) is 12.7. The third kappa shape index (κ3) is 1.81. The molecule has 1 aliphatic rings. The predicted molar refractivity (Wildman–Crippen MR) is 67.4 cm³/mol. The van der Waals surface area contributed by atoms with Crippen LogP contribution in [-0.4, -0.2) is 10.9 Å². The van der Waals surface area contributed by atoms with E-state index in [1.807, 2.05) is 0 Å². The number of nitrogens with zero attached hydrogens (tertiary/aromatic N) is 1. The lowest BCUT2D eigenvalue weighted by atomic mass is 9.99. The summed E-state index contributed by atoms with van der Waals surface area (Å²) in [5.41, 5.74) is 1.36. The first kappa shape index (κ1) is 11.3. The van der Waals surface area contributed by atoms with Gasteiger partial charge in [-0.2, -0.15) is 5.26 Å². The molecule has 0 amide bonds. The number of phenolic OH excluding ortho intramolecular Hbond substituents is 1. The number of nitriles is 1. The molecule has 0 atom stereocenters. The van der Waals surface area contributed by atoms with Gasteiger partial charge in [0, 0.05) is 12.0 Å². The van der Waals surface area contributed by atoms with Gasteiger partial charge in [0.05, 0.1) is 17.2 Å². The van der Waals surface area contributed by atoms with Gasteiger partial charge in [0.25, 0.3) is 0 Å². The summed E-state index contributed by atoms with van der Waals surface area (Å²) in [7, 11) is 0. The van der Waals surface area contributed by atoms with E-state index in [2.05, 4.69) is 6.07 Å². The number of hydrogen-bond donors (Lipinski definition) is 1. The van der Waals surface area contributed by atoms with E-state index < -0.39 is 0 Å². The number of ether oxygens (including phenoxy) is 1. The minimum Gasteiger partial charge on any atom is -0.508 e. The van der Waals surface area contributed by atoms with Gasteiger partial charge in [0.1, 0.15) is 17.2 Å². The van der Waals surface area contributed by atoms with Crippen molar-refractivity contribution in [3.8, 4) is 23.3 Å². The lowest BCUT2D eigenvalue weighted by Crippen LogP contribution is -2.02. The van der Waals surface area contributed by atoms with E-state index in [1.54, 1.807) is 24.3 Å². The molecule has 0 aromatic heterocycles. The molecular formula is C15H9NO3. The summed E-state index contributed by atoms with van der Waals surface area (Å²) in [6.07, 6.45) is 0.0928. The minimum absolute atomic E-state index is 0.0159. The summed E-state index contributed by atoms with van der Waals surface area (Å²) >= 11 is 0. The molecule has 3 rings (SSSR count). The van der Waals surface area contributed by atoms with Gasteiger partial charge >= 0.3 is 0 Å². The van der Waals surface area contributed by atoms with Crippen molar-refractivity contribution in [3.05, 3.63) is 53.1 Å². The fourth-order valence-electron chi connectivity index (χ4n) is 2.15. The second-order valence-electron chi connectivity index (χ2n) is 4.28. The number of carbonyl (C=O) groups is 1. The zero-order valence-electron chi connectivity index (χ0n) is 9.88. The number of phenols is 1. The van der Waals surface area contributed by atoms with Crippen molar-refractivity contribution in [2.45, 2.75) is 6.42 Å². The first-order chi connectivity index (χ1) is 9.19. The summed E-state index contributed by atoms with van der Waals surface area (Å²) < 4.78 is 5.69. The van der Waals surface area contributed by atoms with Crippen molar-refractivity contribution in [2.24, 2.45) is 0 Å². The van der Waals surface area contributed by atoms with Gasteiger partial charge in [-0.1, -0.05) is 6.07 Å². The maximum absolute atomic E-state index is 12.2. The highest BCUT2D eigenvalue weighted by atomic mass is 16.5. The lowest BCUT2D eigenvalue weighted by Gasteiger charge is -2.08. The van der Waals surface area contributed by atoms with Crippen molar-refractivity contribution in [1.29, 1.82) is 5.26 Å². The van der Waals surface area contributed by atoms with Gasteiger partial charge in [-0.15, -0.1) is 0 Å². The molecule has 0 fully saturated rings. The number of aromatic hydroxyl groups is 1. The number of rotatable bonds is 0. The van der Waals surface area contributed by atoms with Crippen LogP contribution in [0.5, 0.6) is 17.2 Å². The van der Waals surface area contributed by atoms with Gasteiger partial charge in [0.2, 0.25) is 0 Å². The molecule has 0 unspecified atom stereocenters. The minimum atomic E-state index is -0.174. The molecule has 0 spiro atoms. The van der Waals surface area contributed by atoms with Crippen LogP contribution in [0.3, 0.4) is 0 Å². The molecule has 0 aliphatic carbocycles. The topological polar surface area (TPSA) is 70.3 Å². The predicted octanol–water partition coefficient (Wildman–Crippen LogP) is 2.79. The van der Waals surface area contributed by atoms with Crippen LogP contribution in [0.1, 0.15) is 21.5 Å². The van der Waals surface area contributed by atoms with Crippen molar-refractivity contribution in [1.82, 2.24) is 0 Å². The van der Waals surface area contributed by atoms with E-state index in [0.29, 0.717) is 28.2 Å². The van der Waals surface area contributed by atoms with Crippen LogP contribution in [0, 0.1) is 11.3 Å². The van der Waals surface area contributed by atoms with E-state index in [1.165, 1.54) is 12.1 Å². The molecule has 92 valence electrons. The molecule has 2 aromatic carbocycles. The Balaban J connectivity index is 2.20. The molecule has 4 heteroatoms. The monoisotopic (exact) mass is 251 g/mol. The zero-order valence-corrected chi connectivity index (χ0v) is 9.88. The molecule has 1 N–H and O–H groups in total. The quantitative estimate of drug-likeness (QED) is 0.781. The zero-order chi connectivity index (χ0) is 13.4. The molecular weight excluding hydrogens is 242 g/mol. The summed E-state index contributed by atoms with van der Waals surface area (Å²) in [6.45, 7) is 0. The Morgan fingerprint density at radius 3 is 2.84 bits per heavy atom. The van der Waals surface area contributed by atoms with Crippen molar-refractivity contribution in [3.63, 3.8) is 0 Å². The number of carbonyl (C=O) groups excluding carboxylic acids is 1. The van der Waals surface area contributed by atoms with E-state index in [0.717, 1.165) is 0 Å². The van der Waals surface area contributed by atoms with E-state index >= 15 is 0 Å². The average Bonchev–Trinajstić information content (AvgIpc) is 2.55. The van der Waals surface area contributed by atoms with Crippen molar-refractivity contribution < 1.29 is 14.6 Å². The molecule has 0 radical (unpaired) electrons. The van der Waals surface area contributed by atoms with Gasteiger partial charge in [0.15, 0.2) is 5.78 Å². The van der Waals surface area contributed by atoms with Crippen molar-refractivity contribution in [2.75, 3.05) is 0 Å². The Kier molecular flexibility index (Phi) is 2.46. The molecule has 0 bridgehead atoms. The highest BCUT2D eigenvalue weighted by Gasteiger charge is 2.23. The Morgan fingerprint density at radius 2 is 2.05 bits per heavy atom. The van der Waals surface area contributed by atoms with Gasteiger partial charge in [-0.3, -0.25) is 4.79 Å². The molecule has 2 aromatic rings. The van der Waals surface area contributed by atoms with E-state index in [9.17, 15) is 9.90 Å². The number of ketones is 1. The van der Waals surface area contributed by atoms with Gasteiger partial charge < -0.3 is 9.84 Å². The summed E-state index contributed by atoms with van der Waals surface area (Å²) in [5, 5.41) is 18.5. The van der Waals surface area contributed by atoms with Crippen LogP contribution in [-0.2, 0) is 6.42 Å². The maximum Gasteiger partial charge on any atom is 0.171 e. The Hall–Kier alpha value is -2.80. The number of hydrogen-bond acceptors (Lipinski definition) is 4. The number of fused-ring (bicyclic) bond motifs is 2. The van der Waals surface area contributed by atoms with Crippen LogP contribution < -0.4 is 4.74 Å². The highest BCUT2D eigenvalue weighted by Crippen LogP contribution is 2.36. The van der Waals surface area contributed by atoms with Crippen LogP contribution in [0.4, 0.5) is 0 Å². The summed E-state index contributed by atoms with van der Waals surface area (Å²) in [5.74, 6) is 0.753. The molecule has 1 heterocycles. The van der Waals surface area contributed by atoms with Crippen LogP contribution in [0.2, 0.25) is 0 Å². The maximum atomic E-state index is 12.2. The first-order valence-electron chi connectivity index (χ1n) is 5.75. The Bertz CT molecular complexity index is 729. The van der Waals surface area contributed by atoms with E-state index in [4.69, 9.17) is 10.00 Å². The van der Waals surface area contributed by atoms with Gasteiger partial charge in [-0.05, 0) is 30.3 Å². The van der Waals surface area contributed by atoms with Crippen LogP contribution >= 0.6 is 0 Å². The largest absolute Gasteiger partial charge is 0.508 e. The molecule has 4 nitrogen and oxygen atoms in total. The average molecular weight is 251 g/mol. The summed E-state index contributed by atoms with van der Waals surface area (Å²) in [6, 6.07) is 11.6. The Labute approximate surface area is 109 Å². The standard InChI is InChI=1S/C15H9NO3/c16-8-9-2-1-3-14-11(9)7-13(18)12-6-10(17)4-5-15(12)19-14/h1-6,17H,7H2. The van der Waals surface area contributed by atoms with Crippen LogP contribution in [0.15, 0.2) is 36.4 Å². The fourth-order valence-corrected chi connectivity index (χ4v) is 2.15. The summed E-state index contributed by atoms with van der Waals surface area (Å²) in [4.78, 5) is 12.2. The third-order valence-electron chi connectivity index (χ3n) is 3.07. The smallest absolute Gasteiger partial charge is 0.171 e. The van der Waals surface area contributed by atoms with Gasteiger partial charge in [-0.25, -0.2) is 0 Å². The second kappa shape index (κ2) is 4.14. The first-order valence-corrected chi connectivity index (χ1v) is 5.75. The molecule has 0 saturated carbocycles. The molecule has 19 heavy (non-hydrogen) atoms. The highest BCUT2D eigenvalue weighted by molar-refractivity contribution is 6.01. The van der Waals surface area contributed by atoms with Crippen LogP contribution in [0.25, 0.3) is 0 Å². The fraction of sp³-hybridized carbons (Fsp3) is 0.0667. The second-order valence-corrected chi connectivity index (χ2v) is 4.28. The number of benzene rings is 2. The Morgan fingerprint density at radius 1 is 1.21 bits per heavy atom. The third-order valence-corrected chi connectivity index (χ3v) is 3.07. The SMILES string of the molecule is N#Cc1cccc2c1CC(=O)c1cc(O)ccc1O2. The number of Topliss-reactive ketones (excluding diaryl/α,β-unsaturated/α-hetero) is 1. The lowest BCUT2D eigenvalue weighted by molar-refractivity contribution is 0.0993. The van der Waals surface area contributed by atoms with E-state index in [-0.39, 0.29) is 18.0 Å².